The molecule has 0 aliphatic rings. The van der Waals surface area contributed by atoms with Crippen LogP contribution in [0.15, 0.2) is 6.07 Å². The summed E-state index contributed by atoms with van der Waals surface area (Å²) in [4.78, 5) is 16.2. The summed E-state index contributed by atoms with van der Waals surface area (Å²) in [7, 11) is 0. The first kappa shape index (κ1) is 12.7. The summed E-state index contributed by atoms with van der Waals surface area (Å²) in [6.07, 6.45) is 0. The van der Waals surface area contributed by atoms with Crippen LogP contribution in [0.3, 0.4) is 0 Å². The van der Waals surface area contributed by atoms with E-state index in [2.05, 4.69) is 18.8 Å². The van der Waals surface area contributed by atoms with Crippen molar-refractivity contribution in [1.29, 1.82) is 0 Å². The van der Waals surface area contributed by atoms with E-state index in [1.807, 2.05) is 26.8 Å². The molecule has 0 aliphatic heterocycles. The fourth-order valence-corrected chi connectivity index (χ4v) is 1.69. The number of aromatic nitrogens is 1. The number of aryl methyl sites for hydroxylation is 1. The highest BCUT2D eigenvalue weighted by atomic mass is 16.1. The minimum absolute atomic E-state index is 0.0101. The first-order valence-electron chi connectivity index (χ1n) is 5.65. The summed E-state index contributed by atoms with van der Waals surface area (Å²) in [5, 5.41) is 0. The van der Waals surface area contributed by atoms with Crippen LogP contribution in [0, 0.1) is 12.8 Å². The average Bonchev–Trinajstić information content (AvgIpc) is 2.19. The molecule has 0 radical (unpaired) electrons. The maximum atomic E-state index is 11.9. The van der Waals surface area contributed by atoms with Crippen molar-refractivity contribution < 1.29 is 4.79 Å². The first-order chi connectivity index (χ1) is 7.34. The van der Waals surface area contributed by atoms with Crippen LogP contribution in [0.4, 0.5) is 5.69 Å². The molecule has 3 nitrogen and oxygen atoms in total. The molecule has 0 amide bonds. The van der Waals surface area contributed by atoms with Crippen LogP contribution in [0.5, 0.6) is 0 Å². The van der Waals surface area contributed by atoms with Crippen LogP contribution in [0.1, 0.15) is 55.4 Å². The van der Waals surface area contributed by atoms with Crippen LogP contribution in [-0.2, 0) is 0 Å². The summed E-state index contributed by atoms with van der Waals surface area (Å²) < 4.78 is 0. The Labute approximate surface area is 97.1 Å². The molecule has 0 aliphatic carbocycles. The molecule has 0 saturated carbocycles. The number of hydrogen-bond acceptors (Lipinski definition) is 3. The number of hydrogen-bond donors (Lipinski definition) is 1. The number of Topliss-reactive ketones (excluding diaryl/α,β-unsaturated/α-hetero) is 1. The van der Waals surface area contributed by atoms with Crippen molar-refractivity contribution in [2.75, 3.05) is 5.73 Å². The molecule has 1 rings (SSSR count). The molecule has 0 spiro atoms. The van der Waals surface area contributed by atoms with E-state index in [0.717, 1.165) is 11.3 Å². The molecular formula is C13H20N2O. The van der Waals surface area contributed by atoms with Gasteiger partial charge >= 0.3 is 0 Å². The summed E-state index contributed by atoms with van der Waals surface area (Å²) >= 11 is 0. The van der Waals surface area contributed by atoms with Crippen LogP contribution in [0.2, 0.25) is 0 Å². The zero-order valence-electron chi connectivity index (χ0n) is 10.7. The summed E-state index contributed by atoms with van der Waals surface area (Å²) in [5.74, 6) is 0.313. The van der Waals surface area contributed by atoms with Crippen LogP contribution >= 0.6 is 0 Å². The van der Waals surface area contributed by atoms with Gasteiger partial charge in [-0.25, -0.2) is 4.98 Å². The standard InChI is InChI=1S/C13H20N2O/c1-7(2)10-6-11(14)12(15-9(10)5)13(16)8(3)4/h6-8H,14H2,1-5H3. The topological polar surface area (TPSA) is 56.0 Å². The predicted molar refractivity (Wildman–Crippen MR) is 66.6 cm³/mol. The molecule has 3 heteroatoms. The number of ketones is 1. The van der Waals surface area contributed by atoms with E-state index in [1.165, 1.54) is 0 Å². The van der Waals surface area contributed by atoms with Gasteiger partial charge in [0.25, 0.3) is 0 Å². The molecule has 0 unspecified atom stereocenters. The second-order valence-electron chi connectivity index (χ2n) is 4.77. The number of carbonyl (C=O) groups excluding carboxylic acids is 1. The van der Waals surface area contributed by atoms with Crippen LogP contribution < -0.4 is 5.73 Å². The SMILES string of the molecule is Cc1nc(C(=O)C(C)C)c(N)cc1C(C)C. The van der Waals surface area contributed by atoms with Crippen LogP contribution in [-0.4, -0.2) is 10.8 Å². The van der Waals surface area contributed by atoms with Gasteiger partial charge in [0.15, 0.2) is 5.78 Å². The van der Waals surface area contributed by atoms with E-state index in [-0.39, 0.29) is 11.7 Å². The zero-order valence-corrected chi connectivity index (χ0v) is 10.7. The van der Waals surface area contributed by atoms with Gasteiger partial charge in [0.2, 0.25) is 0 Å². The fourth-order valence-electron chi connectivity index (χ4n) is 1.69. The third-order valence-corrected chi connectivity index (χ3v) is 2.66. The molecule has 1 aromatic rings. The highest BCUT2D eigenvalue weighted by Gasteiger charge is 2.17. The highest BCUT2D eigenvalue weighted by molar-refractivity contribution is 6.00. The van der Waals surface area contributed by atoms with Gasteiger partial charge in [-0.1, -0.05) is 27.7 Å². The molecule has 0 aromatic carbocycles. The second-order valence-corrected chi connectivity index (χ2v) is 4.77. The molecule has 0 saturated heterocycles. The lowest BCUT2D eigenvalue weighted by Crippen LogP contribution is -2.14. The van der Waals surface area contributed by atoms with Crippen LogP contribution in [0.25, 0.3) is 0 Å². The molecule has 1 aromatic heterocycles. The van der Waals surface area contributed by atoms with Gasteiger partial charge in [0.05, 0.1) is 5.69 Å². The van der Waals surface area contributed by atoms with Crippen molar-refractivity contribution in [3.63, 3.8) is 0 Å². The molecule has 2 N–H and O–H groups in total. The predicted octanol–water partition coefficient (Wildman–Crippen LogP) is 2.93. The molecule has 0 atom stereocenters. The van der Waals surface area contributed by atoms with Gasteiger partial charge in [0, 0.05) is 11.6 Å². The molecule has 1 heterocycles. The van der Waals surface area contributed by atoms with Gasteiger partial charge in [-0.15, -0.1) is 0 Å². The Morgan fingerprint density at radius 3 is 2.31 bits per heavy atom. The van der Waals surface area contributed by atoms with Gasteiger partial charge in [-0.2, -0.15) is 0 Å². The Bertz CT molecular complexity index is 409. The number of pyridine rings is 1. The monoisotopic (exact) mass is 220 g/mol. The minimum atomic E-state index is -0.0703. The Balaban J connectivity index is 3.26. The number of nitrogens with zero attached hydrogens (tertiary/aromatic N) is 1. The van der Waals surface area contributed by atoms with E-state index in [9.17, 15) is 4.79 Å². The minimum Gasteiger partial charge on any atom is -0.397 e. The maximum Gasteiger partial charge on any atom is 0.185 e. The third-order valence-electron chi connectivity index (χ3n) is 2.66. The van der Waals surface area contributed by atoms with Gasteiger partial charge in [-0.05, 0) is 24.5 Å². The normalized spacial score (nSPS) is 11.2. The first-order valence-corrected chi connectivity index (χ1v) is 5.65. The van der Waals surface area contributed by atoms with Gasteiger partial charge < -0.3 is 5.73 Å². The summed E-state index contributed by atoms with van der Waals surface area (Å²) in [5.41, 5.74) is 8.80. The van der Waals surface area contributed by atoms with E-state index in [0.29, 0.717) is 17.3 Å². The van der Waals surface area contributed by atoms with Crippen molar-refractivity contribution in [3.05, 3.63) is 23.0 Å². The lowest BCUT2D eigenvalue weighted by atomic mass is 9.98. The molecule has 0 fully saturated rings. The lowest BCUT2D eigenvalue weighted by Gasteiger charge is -2.13. The molecule has 88 valence electrons. The number of rotatable bonds is 3. The van der Waals surface area contributed by atoms with Gasteiger partial charge in [0.1, 0.15) is 5.69 Å². The second kappa shape index (κ2) is 4.64. The van der Waals surface area contributed by atoms with E-state index in [1.54, 1.807) is 0 Å². The number of anilines is 1. The number of nitrogens with two attached hydrogens (primary N) is 1. The van der Waals surface area contributed by atoms with Crippen molar-refractivity contribution in [2.45, 2.75) is 40.5 Å². The van der Waals surface area contributed by atoms with Crippen molar-refractivity contribution in [2.24, 2.45) is 5.92 Å². The molecular weight excluding hydrogens is 200 g/mol. The number of carbonyl (C=O) groups is 1. The van der Waals surface area contributed by atoms with Gasteiger partial charge in [-0.3, -0.25) is 4.79 Å². The number of nitrogen functional groups attached to an aromatic ring is 1. The van der Waals surface area contributed by atoms with E-state index >= 15 is 0 Å². The smallest absolute Gasteiger partial charge is 0.185 e. The van der Waals surface area contributed by atoms with Crippen molar-refractivity contribution >= 4 is 11.5 Å². The highest BCUT2D eigenvalue weighted by Crippen LogP contribution is 2.23. The third kappa shape index (κ3) is 2.40. The van der Waals surface area contributed by atoms with E-state index in [4.69, 9.17) is 5.73 Å². The van der Waals surface area contributed by atoms with Crippen molar-refractivity contribution in [1.82, 2.24) is 4.98 Å². The maximum absolute atomic E-state index is 11.9. The quantitative estimate of drug-likeness (QED) is 0.797. The van der Waals surface area contributed by atoms with E-state index < -0.39 is 0 Å². The molecule has 16 heavy (non-hydrogen) atoms. The zero-order chi connectivity index (χ0) is 12.5. The Morgan fingerprint density at radius 2 is 1.88 bits per heavy atom. The Kier molecular flexibility index (Phi) is 3.68. The lowest BCUT2D eigenvalue weighted by molar-refractivity contribution is 0.0935. The summed E-state index contributed by atoms with van der Waals surface area (Å²) in [6, 6.07) is 1.88. The van der Waals surface area contributed by atoms with Crippen molar-refractivity contribution in [3.8, 4) is 0 Å². The Morgan fingerprint density at radius 1 is 1.31 bits per heavy atom. The average molecular weight is 220 g/mol. The summed E-state index contributed by atoms with van der Waals surface area (Å²) in [6.45, 7) is 9.82. The Hall–Kier alpha value is -1.38. The molecule has 0 bridgehead atoms. The fraction of sp³-hybridized carbons (Fsp3) is 0.538. The largest absolute Gasteiger partial charge is 0.397 e.